The number of nitrogens with one attached hydrogen (secondary N) is 2. The van der Waals surface area contributed by atoms with E-state index in [0.717, 1.165) is 35.8 Å². The van der Waals surface area contributed by atoms with Gasteiger partial charge in [0, 0.05) is 18.0 Å². The minimum atomic E-state index is -0.259. The smallest absolute Gasteiger partial charge is 0.148 e. The fourth-order valence-electron chi connectivity index (χ4n) is 2.64. The molecular formula is C17H22FN3OS. The van der Waals surface area contributed by atoms with Crippen LogP contribution in [0.15, 0.2) is 23.6 Å². The molecule has 3 rings (SSSR count). The summed E-state index contributed by atoms with van der Waals surface area (Å²) in [6, 6.07) is 5.29. The normalized spacial score (nSPS) is 17.7. The summed E-state index contributed by atoms with van der Waals surface area (Å²) in [5, 5.41) is 9.47. The molecule has 0 spiro atoms. The average Bonchev–Trinajstić information content (AvgIpc) is 3.17. The van der Waals surface area contributed by atoms with E-state index in [4.69, 9.17) is 4.74 Å². The molecule has 1 aliphatic heterocycles. The molecule has 1 aliphatic rings. The van der Waals surface area contributed by atoms with Crippen molar-refractivity contribution in [3.05, 3.63) is 40.1 Å². The Bertz CT molecular complexity index is 653. The predicted octanol–water partition coefficient (Wildman–Crippen LogP) is 4.57. The highest BCUT2D eigenvalue weighted by Gasteiger charge is 2.21. The van der Waals surface area contributed by atoms with Gasteiger partial charge in [-0.05, 0) is 38.8 Å². The number of ether oxygens (including phenoxy) is 1. The zero-order chi connectivity index (χ0) is 16.2. The second kappa shape index (κ2) is 7.27. The Morgan fingerprint density at radius 1 is 1.43 bits per heavy atom. The lowest BCUT2D eigenvalue weighted by Crippen LogP contribution is -2.13. The van der Waals surface area contributed by atoms with Gasteiger partial charge < -0.3 is 15.4 Å². The first-order valence-corrected chi connectivity index (χ1v) is 8.86. The maximum absolute atomic E-state index is 14.1. The van der Waals surface area contributed by atoms with Crippen molar-refractivity contribution in [2.75, 3.05) is 17.2 Å². The highest BCUT2D eigenvalue weighted by molar-refractivity contribution is 7.09. The van der Waals surface area contributed by atoms with Crippen LogP contribution in [0.5, 0.6) is 0 Å². The van der Waals surface area contributed by atoms with Crippen molar-refractivity contribution in [2.24, 2.45) is 0 Å². The number of nitrogens with zero attached hydrogens (tertiary/aromatic N) is 1. The molecule has 0 saturated carbocycles. The van der Waals surface area contributed by atoms with Gasteiger partial charge in [0.05, 0.1) is 23.6 Å². The molecule has 1 saturated heterocycles. The van der Waals surface area contributed by atoms with E-state index >= 15 is 0 Å². The van der Waals surface area contributed by atoms with Crippen LogP contribution in [0.4, 0.5) is 15.8 Å². The monoisotopic (exact) mass is 335 g/mol. The molecule has 0 unspecified atom stereocenters. The van der Waals surface area contributed by atoms with Crippen LogP contribution >= 0.6 is 11.3 Å². The summed E-state index contributed by atoms with van der Waals surface area (Å²) in [5.74, 6) is -0.259. The summed E-state index contributed by atoms with van der Waals surface area (Å²) in [4.78, 5) is 4.62. The molecule has 23 heavy (non-hydrogen) atoms. The van der Waals surface area contributed by atoms with Crippen LogP contribution in [-0.2, 0) is 11.3 Å². The number of para-hydroxylation sites is 1. The van der Waals surface area contributed by atoms with Crippen molar-refractivity contribution in [3.63, 3.8) is 0 Å². The Labute approximate surface area is 140 Å². The molecule has 1 aromatic carbocycles. The standard InChI is InChI=1S/C17H22FN3OS/c1-11(2)20-14-6-3-5-13(18)16(14)19-9-12-10-23-17(21-12)15-7-4-8-22-15/h3,5-6,10-11,15,19-20H,4,7-9H2,1-2H3/t15-/m1/s1. The van der Waals surface area contributed by atoms with E-state index in [1.54, 1.807) is 17.4 Å². The molecule has 2 heterocycles. The van der Waals surface area contributed by atoms with Crippen molar-refractivity contribution in [3.8, 4) is 0 Å². The Kier molecular flexibility index (Phi) is 5.13. The van der Waals surface area contributed by atoms with Crippen molar-refractivity contribution >= 4 is 22.7 Å². The molecule has 1 atom stereocenters. The van der Waals surface area contributed by atoms with Crippen LogP contribution in [0.25, 0.3) is 0 Å². The Morgan fingerprint density at radius 2 is 2.30 bits per heavy atom. The van der Waals surface area contributed by atoms with Gasteiger partial charge in [0.25, 0.3) is 0 Å². The van der Waals surface area contributed by atoms with E-state index in [1.165, 1.54) is 6.07 Å². The van der Waals surface area contributed by atoms with E-state index in [-0.39, 0.29) is 18.0 Å². The van der Waals surface area contributed by atoms with Gasteiger partial charge in [-0.3, -0.25) is 0 Å². The highest BCUT2D eigenvalue weighted by atomic mass is 32.1. The molecule has 6 heteroatoms. The maximum atomic E-state index is 14.1. The highest BCUT2D eigenvalue weighted by Crippen LogP contribution is 2.31. The van der Waals surface area contributed by atoms with Gasteiger partial charge in [0.2, 0.25) is 0 Å². The Balaban J connectivity index is 1.68. The summed E-state index contributed by atoms with van der Waals surface area (Å²) < 4.78 is 19.8. The second-order valence-electron chi connectivity index (χ2n) is 5.99. The number of rotatable bonds is 6. The SMILES string of the molecule is CC(C)Nc1cccc(F)c1NCc1csc([C@H]2CCCO2)n1. The quantitative estimate of drug-likeness (QED) is 0.812. The van der Waals surface area contributed by atoms with Gasteiger partial charge in [-0.1, -0.05) is 6.07 Å². The van der Waals surface area contributed by atoms with Crippen molar-refractivity contribution < 1.29 is 9.13 Å². The summed E-state index contributed by atoms with van der Waals surface area (Å²) in [5.41, 5.74) is 2.18. The van der Waals surface area contributed by atoms with Crippen LogP contribution < -0.4 is 10.6 Å². The lowest BCUT2D eigenvalue weighted by Gasteiger charge is -2.16. The summed E-state index contributed by atoms with van der Waals surface area (Å²) >= 11 is 1.62. The summed E-state index contributed by atoms with van der Waals surface area (Å²) in [6.07, 6.45) is 2.27. The minimum absolute atomic E-state index is 0.139. The van der Waals surface area contributed by atoms with Crippen LogP contribution in [0, 0.1) is 5.82 Å². The number of hydrogen-bond donors (Lipinski definition) is 2. The maximum Gasteiger partial charge on any atom is 0.148 e. The number of aromatic nitrogens is 1. The van der Waals surface area contributed by atoms with E-state index < -0.39 is 0 Å². The fraction of sp³-hybridized carbons (Fsp3) is 0.471. The molecule has 0 amide bonds. The van der Waals surface area contributed by atoms with Crippen LogP contribution in [0.1, 0.15) is 43.5 Å². The van der Waals surface area contributed by atoms with Crippen LogP contribution in [0.3, 0.4) is 0 Å². The molecule has 124 valence electrons. The van der Waals surface area contributed by atoms with Crippen molar-refractivity contribution in [1.29, 1.82) is 0 Å². The van der Waals surface area contributed by atoms with Gasteiger partial charge in [-0.25, -0.2) is 9.37 Å². The lowest BCUT2D eigenvalue weighted by molar-refractivity contribution is 0.111. The first kappa shape index (κ1) is 16.2. The zero-order valence-electron chi connectivity index (χ0n) is 13.4. The average molecular weight is 335 g/mol. The van der Waals surface area contributed by atoms with Crippen molar-refractivity contribution in [2.45, 2.75) is 45.4 Å². The van der Waals surface area contributed by atoms with Crippen molar-refractivity contribution in [1.82, 2.24) is 4.98 Å². The minimum Gasteiger partial charge on any atom is -0.381 e. The van der Waals surface area contributed by atoms with E-state index in [2.05, 4.69) is 15.6 Å². The van der Waals surface area contributed by atoms with Gasteiger partial charge in [0.15, 0.2) is 0 Å². The molecule has 1 aromatic heterocycles. The summed E-state index contributed by atoms with van der Waals surface area (Å²) in [6.45, 7) is 5.38. The Morgan fingerprint density at radius 3 is 3.04 bits per heavy atom. The largest absolute Gasteiger partial charge is 0.381 e. The number of benzene rings is 1. The van der Waals surface area contributed by atoms with Gasteiger partial charge in [-0.15, -0.1) is 11.3 Å². The third kappa shape index (κ3) is 4.00. The van der Waals surface area contributed by atoms with E-state index in [0.29, 0.717) is 12.2 Å². The third-order valence-corrected chi connectivity index (χ3v) is 4.66. The van der Waals surface area contributed by atoms with Gasteiger partial charge in [0.1, 0.15) is 16.9 Å². The Hall–Kier alpha value is -1.66. The molecule has 2 N–H and O–H groups in total. The number of anilines is 2. The van der Waals surface area contributed by atoms with Gasteiger partial charge in [-0.2, -0.15) is 0 Å². The number of hydrogen-bond acceptors (Lipinski definition) is 5. The number of halogens is 1. The second-order valence-corrected chi connectivity index (χ2v) is 6.88. The molecule has 4 nitrogen and oxygen atoms in total. The van der Waals surface area contributed by atoms with E-state index in [9.17, 15) is 4.39 Å². The predicted molar refractivity (Wildman–Crippen MR) is 92.5 cm³/mol. The molecule has 0 radical (unpaired) electrons. The first-order chi connectivity index (χ1) is 11.1. The van der Waals surface area contributed by atoms with Crippen LogP contribution in [-0.4, -0.2) is 17.6 Å². The number of thiazole rings is 1. The lowest BCUT2D eigenvalue weighted by atomic mass is 10.2. The third-order valence-electron chi connectivity index (χ3n) is 3.68. The fourth-order valence-corrected chi connectivity index (χ4v) is 3.54. The molecule has 0 bridgehead atoms. The van der Waals surface area contributed by atoms with Gasteiger partial charge >= 0.3 is 0 Å². The topological polar surface area (TPSA) is 46.2 Å². The zero-order valence-corrected chi connectivity index (χ0v) is 14.3. The first-order valence-electron chi connectivity index (χ1n) is 7.98. The van der Waals surface area contributed by atoms with E-state index in [1.807, 2.05) is 25.3 Å². The molecule has 0 aliphatic carbocycles. The molecule has 1 fully saturated rings. The molecule has 2 aromatic rings. The summed E-state index contributed by atoms with van der Waals surface area (Å²) in [7, 11) is 0. The molecular weight excluding hydrogens is 313 g/mol. The van der Waals surface area contributed by atoms with Crippen LogP contribution in [0.2, 0.25) is 0 Å².